The third kappa shape index (κ3) is 3.02. The Balaban J connectivity index is 1.62. The van der Waals surface area contributed by atoms with E-state index < -0.39 is 0 Å². The van der Waals surface area contributed by atoms with E-state index in [0.29, 0.717) is 19.7 Å². The van der Waals surface area contributed by atoms with Gasteiger partial charge in [0, 0.05) is 18.0 Å². The van der Waals surface area contributed by atoms with Gasteiger partial charge >= 0.3 is 0 Å². The van der Waals surface area contributed by atoms with Gasteiger partial charge < -0.3 is 14.4 Å². The Morgan fingerprint density at radius 2 is 2.05 bits per heavy atom. The van der Waals surface area contributed by atoms with E-state index in [1.807, 2.05) is 30.3 Å². The topological polar surface area (TPSA) is 58.4 Å². The summed E-state index contributed by atoms with van der Waals surface area (Å²) in [7, 11) is 1.66. The number of benzene rings is 1. The van der Waals surface area contributed by atoms with E-state index in [0.717, 1.165) is 22.4 Å². The molecule has 0 aliphatic carbocycles. The molecular formula is C17H17N3O2. The summed E-state index contributed by atoms with van der Waals surface area (Å²) in [5.41, 5.74) is 3.15. The number of nitriles is 1. The predicted molar refractivity (Wildman–Crippen MR) is 82.0 cm³/mol. The third-order valence-electron chi connectivity index (χ3n) is 3.74. The molecule has 1 fully saturated rings. The molecule has 5 nitrogen and oxygen atoms in total. The van der Waals surface area contributed by atoms with Crippen molar-refractivity contribution in [3.05, 3.63) is 48.3 Å². The van der Waals surface area contributed by atoms with E-state index in [1.54, 1.807) is 24.4 Å². The Labute approximate surface area is 129 Å². The molecule has 0 saturated carbocycles. The second kappa shape index (κ2) is 6.46. The molecular weight excluding hydrogens is 278 g/mol. The molecule has 1 saturated heterocycles. The third-order valence-corrected chi connectivity index (χ3v) is 3.74. The van der Waals surface area contributed by atoms with Crippen LogP contribution in [0, 0.1) is 11.5 Å². The van der Waals surface area contributed by atoms with E-state index in [1.165, 1.54) is 0 Å². The van der Waals surface area contributed by atoms with Crippen molar-refractivity contribution in [3.63, 3.8) is 0 Å². The molecule has 0 atom stereocenters. The van der Waals surface area contributed by atoms with Crippen molar-refractivity contribution >= 4 is 0 Å². The lowest BCUT2D eigenvalue weighted by molar-refractivity contribution is -0.0400. The van der Waals surface area contributed by atoms with Crippen molar-refractivity contribution in [2.45, 2.75) is 12.7 Å². The number of rotatable bonds is 5. The monoisotopic (exact) mass is 295 g/mol. The molecule has 5 heteroatoms. The summed E-state index contributed by atoms with van der Waals surface area (Å²) in [5.74, 6) is 0.810. The van der Waals surface area contributed by atoms with E-state index in [-0.39, 0.29) is 6.10 Å². The highest BCUT2D eigenvalue weighted by Crippen LogP contribution is 2.28. The Morgan fingerprint density at radius 3 is 2.73 bits per heavy atom. The molecule has 1 aromatic heterocycles. The number of methoxy groups -OCH3 is 1. The van der Waals surface area contributed by atoms with Gasteiger partial charge in [0.25, 0.3) is 0 Å². The zero-order valence-electron chi connectivity index (χ0n) is 12.4. The quantitative estimate of drug-likeness (QED) is 0.793. The molecule has 0 N–H and O–H groups in total. The number of pyridine rings is 1. The van der Waals surface area contributed by atoms with Crippen molar-refractivity contribution in [2.24, 2.45) is 0 Å². The summed E-state index contributed by atoms with van der Waals surface area (Å²) in [6.07, 6.45) is 5.78. The maximum Gasteiger partial charge on any atom is 0.179 e. The molecule has 0 bridgehead atoms. The number of likely N-dealkylation sites (tertiary alicyclic amines) is 1. The Morgan fingerprint density at radius 1 is 1.27 bits per heavy atom. The van der Waals surface area contributed by atoms with Crippen LogP contribution in [0.4, 0.5) is 0 Å². The van der Waals surface area contributed by atoms with Gasteiger partial charge in [0.15, 0.2) is 6.19 Å². The van der Waals surface area contributed by atoms with Gasteiger partial charge in [0.1, 0.15) is 5.75 Å². The minimum Gasteiger partial charge on any atom is -0.496 e. The average molecular weight is 295 g/mol. The molecule has 2 heterocycles. The van der Waals surface area contributed by atoms with Crippen molar-refractivity contribution in [1.29, 1.82) is 5.26 Å². The summed E-state index contributed by atoms with van der Waals surface area (Å²) >= 11 is 0. The molecule has 0 spiro atoms. The van der Waals surface area contributed by atoms with Crippen LogP contribution in [-0.4, -0.2) is 36.2 Å². The van der Waals surface area contributed by atoms with Gasteiger partial charge in [-0.25, -0.2) is 0 Å². The molecule has 22 heavy (non-hydrogen) atoms. The SMILES string of the molecule is COc1ccncc1-c1ccc(COC2CN(C#N)C2)cc1. The molecule has 0 unspecified atom stereocenters. The fourth-order valence-corrected chi connectivity index (χ4v) is 2.40. The van der Waals surface area contributed by atoms with Crippen LogP contribution in [0.3, 0.4) is 0 Å². The normalized spacial score (nSPS) is 14.3. The smallest absolute Gasteiger partial charge is 0.179 e. The highest BCUT2D eigenvalue weighted by molar-refractivity contribution is 5.69. The van der Waals surface area contributed by atoms with Gasteiger partial charge in [0.05, 0.1) is 32.9 Å². The number of hydrogen-bond donors (Lipinski definition) is 0. The number of aromatic nitrogens is 1. The summed E-state index contributed by atoms with van der Waals surface area (Å²) in [6.45, 7) is 1.96. The largest absolute Gasteiger partial charge is 0.496 e. The summed E-state index contributed by atoms with van der Waals surface area (Å²) < 4.78 is 11.1. The van der Waals surface area contributed by atoms with Gasteiger partial charge in [-0.1, -0.05) is 24.3 Å². The predicted octanol–water partition coefficient (Wildman–Crippen LogP) is 2.44. The minimum atomic E-state index is 0.165. The van der Waals surface area contributed by atoms with Gasteiger partial charge in [0.2, 0.25) is 0 Å². The highest BCUT2D eigenvalue weighted by Gasteiger charge is 2.26. The maximum atomic E-state index is 8.68. The molecule has 1 aromatic carbocycles. The van der Waals surface area contributed by atoms with Crippen molar-refractivity contribution in [1.82, 2.24) is 9.88 Å². The van der Waals surface area contributed by atoms with Gasteiger partial charge in [-0.05, 0) is 17.2 Å². The van der Waals surface area contributed by atoms with Gasteiger partial charge in [-0.15, -0.1) is 0 Å². The highest BCUT2D eigenvalue weighted by atomic mass is 16.5. The molecule has 3 rings (SSSR count). The van der Waals surface area contributed by atoms with Crippen LogP contribution in [-0.2, 0) is 11.3 Å². The van der Waals surface area contributed by atoms with Crippen LogP contribution in [0.1, 0.15) is 5.56 Å². The standard InChI is InChI=1S/C17H17N3O2/c1-21-17-6-7-19-8-16(17)14-4-2-13(3-5-14)11-22-15-9-20(10-15)12-18/h2-8,15H,9-11H2,1H3. The van der Waals surface area contributed by atoms with E-state index in [9.17, 15) is 0 Å². The molecule has 0 radical (unpaired) electrons. The Bertz CT molecular complexity index is 673. The van der Waals surface area contributed by atoms with Crippen molar-refractivity contribution in [3.8, 4) is 23.1 Å². The first kappa shape index (κ1) is 14.4. The first-order chi connectivity index (χ1) is 10.8. The Kier molecular flexibility index (Phi) is 4.22. The minimum absolute atomic E-state index is 0.165. The molecule has 2 aromatic rings. The number of hydrogen-bond acceptors (Lipinski definition) is 5. The summed E-state index contributed by atoms with van der Waals surface area (Å²) in [5, 5.41) is 8.68. The van der Waals surface area contributed by atoms with Gasteiger partial charge in [-0.2, -0.15) is 5.26 Å². The zero-order chi connectivity index (χ0) is 15.4. The lowest BCUT2D eigenvalue weighted by atomic mass is 10.0. The first-order valence-electron chi connectivity index (χ1n) is 7.13. The van der Waals surface area contributed by atoms with Crippen LogP contribution in [0.25, 0.3) is 11.1 Å². The first-order valence-corrected chi connectivity index (χ1v) is 7.13. The zero-order valence-corrected chi connectivity index (χ0v) is 12.4. The Hall–Kier alpha value is -2.58. The average Bonchev–Trinajstić information content (AvgIpc) is 2.54. The maximum absolute atomic E-state index is 8.68. The number of ether oxygens (including phenoxy) is 2. The lowest BCUT2D eigenvalue weighted by Gasteiger charge is -2.34. The van der Waals surface area contributed by atoms with Crippen LogP contribution < -0.4 is 4.74 Å². The fraction of sp³-hybridized carbons (Fsp3) is 0.294. The van der Waals surface area contributed by atoms with Gasteiger partial charge in [-0.3, -0.25) is 4.98 Å². The van der Waals surface area contributed by atoms with Crippen LogP contribution >= 0.6 is 0 Å². The second-order valence-electron chi connectivity index (χ2n) is 5.21. The van der Waals surface area contributed by atoms with E-state index in [4.69, 9.17) is 14.7 Å². The van der Waals surface area contributed by atoms with Crippen LogP contribution in [0.5, 0.6) is 5.75 Å². The molecule has 0 amide bonds. The molecule has 1 aliphatic heterocycles. The van der Waals surface area contributed by atoms with Crippen molar-refractivity contribution in [2.75, 3.05) is 20.2 Å². The lowest BCUT2D eigenvalue weighted by Crippen LogP contribution is -2.49. The molecule has 112 valence electrons. The van der Waals surface area contributed by atoms with E-state index >= 15 is 0 Å². The van der Waals surface area contributed by atoms with Crippen molar-refractivity contribution < 1.29 is 9.47 Å². The van der Waals surface area contributed by atoms with E-state index in [2.05, 4.69) is 11.2 Å². The van der Waals surface area contributed by atoms with Crippen LogP contribution in [0.15, 0.2) is 42.7 Å². The van der Waals surface area contributed by atoms with Crippen LogP contribution in [0.2, 0.25) is 0 Å². The number of nitrogens with zero attached hydrogens (tertiary/aromatic N) is 3. The molecule has 1 aliphatic rings. The summed E-state index contributed by atoms with van der Waals surface area (Å²) in [4.78, 5) is 5.83. The summed E-state index contributed by atoms with van der Waals surface area (Å²) in [6, 6.07) is 10.0. The second-order valence-corrected chi connectivity index (χ2v) is 5.21. The fourth-order valence-electron chi connectivity index (χ4n) is 2.40.